The van der Waals surface area contributed by atoms with Gasteiger partial charge in [0, 0.05) is 6.42 Å². The van der Waals surface area contributed by atoms with Crippen molar-refractivity contribution in [1.29, 1.82) is 0 Å². The summed E-state index contributed by atoms with van der Waals surface area (Å²) in [6.07, 6.45) is 2.69. The Balaban J connectivity index is 2.02. The van der Waals surface area contributed by atoms with Crippen molar-refractivity contribution < 1.29 is 23.8 Å². The van der Waals surface area contributed by atoms with Gasteiger partial charge in [0.1, 0.15) is 0 Å². The Morgan fingerprint density at radius 3 is 2.57 bits per heavy atom. The Kier molecular flexibility index (Phi) is 5.23. The summed E-state index contributed by atoms with van der Waals surface area (Å²) in [4.78, 5) is 23.7. The molecule has 0 spiro atoms. The van der Waals surface area contributed by atoms with Gasteiger partial charge in [-0.1, -0.05) is 18.9 Å². The lowest BCUT2D eigenvalue weighted by atomic mass is 9.82. The maximum atomic E-state index is 13.7. The monoisotopic (exact) mass is 323 g/mol. The fourth-order valence-corrected chi connectivity index (χ4v) is 3.15. The number of rotatable bonds is 6. The smallest absolute Gasteiger partial charge is 0.310 e. The van der Waals surface area contributed by atoms with Gasteiger partial charge in [0.25, 0.3) is 0 Å². The van der Waals surface area contributed by atoms with E-state index in [1.807, 2.05) is 0 Å². The second-order valence-corrected chi connectivity index (χ2v) is 6.15. The molecule has 6 heteroatoms. The van der Waals surface area contributed by atoms with Crippen LogP contribution in [0.2, 0.25) is 0 Å². The lowest BCUT2D eigenvalue weighted by Crippen LogP contribution is -2.36. The molecule has 0 bridgehead atoms. The zero-order valence-corrected chi connectivity index (χ0v) is 13.4. The predicted molar refractivity (Wildman–Crippen MR) is 82.7 cm³/mol. The lowest BCUT2D eigenvalue weighted by Gasteiger charge is -2.24. The van der Waals surface area contributed by atoms with Crippen LogP contribution in [-0.4, -0.2) is 24.1 Å². The normalized spacial score (nSPS) is 17.5. The van der Waals surface area contributed by atoms with E-state index < -0.39 is 23.2 Å². The molecule has 0 heterocycles. The number of amides is 1. The molecule has 0 saturated heterocycles. The topological polar surface area (TPSA) is 75.6 Å². The van der Waals surface area contributed by atoms with Crippen molar-refractivity contribution in [2.24, 2.45) is 5.41 Å². The van der Waals surface area contributed by atoms with Crippen LogP contribution in [0.25, 0.3) is 0 Å². The molecular formula is C17H22FNO4. The van der Waals surface area contributed by atoms with E-state index in [1.165, 1.54) is 19.2 Å². The minimum absolute atomic E-state index is 0.0364. The molecule has 1 amide bonds. The SMILES string of the molecule is COc1ccc([C@@H](C)NC(=O)CC2(C(=O)O)CCCC2)cc1F. The van der Waals surface area contributed by atoms with Crippen LogP contribution in [0, 0.1) is 11.2 Å². The third-order valence-electron chi connectivity index (χ3n) is 4.57. The highest BCUT2D eigenvalue weighted by Crippen LogP contribution is 2.41. The first-order valence-electron chi connectivity index (χ1n) is 7.74. The van der Waals surface area contributed by atoms with Gasteiger partial charge < -0.3 is 15.2 Å². The van der Waals surface area contributed by atoms with Crippen molar-refractivity contribution in [3.05, 3.63) is 29.6 Å². The quantitative estimate of drug-likeness (QED) is 0.843. The van der Waals surface area contributed by atoms with Gasteiger partial charge in [-0.25, -0.2) is 4.39 Å². The largest absolute Gasteiger partial charge is 0.494 e. The fraction of sp³-hybridized carbons (Fsp3) is 0.529. The highest BCUT2D eigenvalue weighted by atomic mass is 19.1. The number of ether oxygens (including phenoxy) is 1. The van der Waals surface area contributed by atoms with E-state index in [0.717, 1.165) is 12.8 Å². The van der Waals surface area contributed by atoms with Crippen molar-refractivity contribution in [1.82, 2.24) is 5.32 Å². The van der Waals surface area contributed by atoms with Gasteiger partial charge in [-0.3, -0.25) is 9.59 Å². The second kappa shape index (κ2) is 6.98. The number of halogens is 1. The van der Waals surface area contributed by atoms with E-state index in [0.29, 0.717) is 18.4 Å². The van der Waals surface area contributed by atoms with Crippen LogP contribution >= 0.6 is 0 Å². The number of hydrogen-bond acceptors (Lipinski definition) is 3. The number of methoxy groups -OCH3 is 1. The summed E-state index contributed by atoms with van der Waals surface area (Å²) in [6.45, 7) is 1.74. The fourth-order valence-electron chi connectivity index (χ4n) is 3.15. The number of nitrogens with one attached hydrogen (secondary N) is 1. The predicted octanol–water partition coefficient (Wildman–Crippen LogP) is 3.05. The summed E-state index contributed by atoms with van der Waals surface area (Å²) in [7, 11) is 1.39. The summed E-state index contributed by atoms with van der Waals surface area (Å²) >= 11 is 0. The highest BCUT2D eigenvalue weighted by molar-refractivity contribution is 5.85. The molecule has 23 heavy (non-hydrogen) atoms. The van der Waals surface area contributed by atoms with Crippen LogP contribution < -0.4 is 10.1 Å². The molecule has 1 atom stereocenters. The van der Waals surface area contributed by atoms with Crippen LogP contribution in [0.1, 0.15) is 50.6 Å². The molecule has 2 N–H and O–H groups in total. The molecule has 1 aromatic carbocycles. The first-order chi connectivity index (χ1) is 10.9. The Hall–Kier alpha value is -2.11. The summed E-state index contributed by atoms with van der Waals surface area (Å²) < 4.78 is 18.6. The van der Waals surface area contributed by atoms with Crippen molar-refractivity contribution in [2.75, 3.05) is 7.11 Å². The molecule has 126 valence electrons. The molecule has 0 unspecified atom stereocenters. The number of carboxylic acid groups (broad SMARTS) is 1. The van der Waals surface area contributed by atoms with Crippen LogP contribution in [-0.2, 0) is 9.59 Å². The molecule has 2 rings (SSSR count). The van der Waals surface area contributed by atoms with Gasteiger partial charge >= 0.3 is 5.97 Å². The van der Waals surface area contributed by atoms with Gasteiger partial charge in [0.05, 0.1) is 18.6 Å². The maximum Gasteiger partial charge on any atom is 0.310 e. The van der Waals surface area contributed by atoms with Gasteiger partial charge in [-0.05, 0) is 37.5 Å². The summed E-state index contributed by atoms with van der Waals surface area (Å²) in [5, 5.41) is 12.2. The number of hydrogen-bond donors (Lipinski definition) is 2. The summed E-state index contributed by atoms with van der Waals surface area (Å²) in [5.74, 6) is -1.58. The van der Waals surface area contributed by atoms with Gasteiger partial charge in [0.2, 0.25) is 5.91 Å². The molecule has 5 nitrogen and oxygen atoms in total. The van der Waals surface area contributed by atoms with E-state index in [1.54, 1.807) is 13.0 Å². The number of carboxylic acids is 1. The standard InChI is InChI=1S/C17H22FNO4/c1-11(12-5-6-14(23-2)13(18)9-12)19-15(20)10-17(16(21)22)7-3-4-8-17/h5-6,9,11H,3-4,7-8,10H2,1-2H3,(H,19,20)(H,21,22)/t11-/m1/s1. The van der Waals surface area contributed by atoms with E-state index in [2.05, 4.69) is 5.32 Å². The molecule has 1 saturated carbocycles. The van der Waals surface area contributed by atoms with Gasteiger partial charge in [-0.2, -0.15) is 0 Å². The highest BCUT2D eigenvalue weighted by Gasteiger charge is 2.43. The average molecular weight is 323 g/mol. The number of carbonyl (C=O) groups excluding carboxylic acids is 1. The van der Waals surface area contributed by atoms with Crippen LogP contribution in [0.15, 0.2) is 18.2 Å². The average Bonchev–Trinajstić information content (AvgIpc) is 2.96. The number of carbonyl (C=O) groups is 2. The van der Waals surface area contributed by atoms with Crippen molar-refractivity contribution in [2.45, 2.75) is 45.1 Å². The van der Waals surface area contributed by atoms with Gasteiger partial charge in [0.15, 0.2) is 11.6 Å². The number of benzene rings is 1. The molecule has 1 fully saturated rings. The lowest BCUT2D eigenvalue weighted by molar-refractivity contribution is -0.151. The second-order valence-electron chi connectivity index (χ2n) is 6.15. The Bertz CT molecular complexity index is 596. The zero-order chi connectivity index (χ0) is 17.0. The third-order valence-corrected chi connectivity index (χ3v) is 4.57. The van der Waals surface area contributed by atoms with E-state index in [9.17, 15) is 19.1 Å². The molecule has 1 aliphatic rings. The molecule has 0 aromatic heterocycles. The van der Waals surface area contributed by atoms with Crippen molar-refractivity contribution >= 4 is 11.9 Å². The van der Waals surface area contributed by atoms with Crippen molar-refractivity contribution in [3.8, 4) is 5.75 Å². The van der Waals surface area contributed by atoms with E-state index in [-0.39, 0.29) is 18.1 Å². The molecule has 0 aliphatic heterocycles. The van der Waals surface area contributed by atoms with Crippen LogP contribution in [0.4, 0.5) is 4.39 Å². The Labute approximate surface area is 134 Å². The minimum Gasteiger partial charge on any atom is -0.494 e. The summed E-state index contributed by atoms with van der Waals surface area (Å²) in [6, 6.07) is 4.08. The van der Waals surface area contributed by atoms with Crippen LogP contribution in [0.3, 0.4) is 0 Å². The Morgan fingerprint density at radius 1 is 1.39 bits per heavy atom. The third kappa shape index (κ3) is 3.81. The molecular weight excluding hydrogens is 301 g/mol. The summed E-state index contributed by atoms with van der Waals surface area (Å²) in [5.41, 5.74) is -0.345. The van der Waals surface area contributed by atoms with Gasteiger partial charge in [-0.15, -0.1) is 0 Å². The molecule has 0 radical (unpaired) electrons. The van der Waals surface area contributed by atoms with E-state index >= 15 is 0 Å². The Morgan fingerprint density at radius 2 is 2.04 bits per heavy atom. The van der Waals surface area contributed by atoms with E-state index in [4.69, 9.17) is 4.74 Å². The first kappa shape index (κ1) is 17.2. The molecule has 1 aliphatic carbocycles. The minimum atomic E-state index is -0.949. The number of aliphatic carboxylic acids is 1. The first-order valence-corrected chi connectivity index (χ1v) is 7.74. The van der Waals surface area contributed by atoms with Crippen molar-refractivity contribution in [3.63, 3.8) is 0 Å². The maximum absolute atomic E-state index is 13.7. The zero-order valence-electron chi connectivity index (χ0n) is 13.4. The van der Waals surface area contributed by atoms with Crippen LogP contribution in [0.5, 0.6) is 5.75 Å². The molecule has 1 aromatic rings.